The fraction of sp³-hybridized carbons (Fsp3) is 0.278. The number of benzene rings is 1. The highest BCUT2D eigenvalue weighted by molar-refractivity contribution is 6.30. The second-order valence-corrected chi connectivity index (χ2v) is 6.40. The summed E-state index contributed by atoms with van der Waals surface area (Å²) in [6.07, 6.45) is 0.0272. The molecule has 1 unspecified atom stereocenters. The number of Topliss-reactive ketones (excluding diaryl/α,β-unsaturated/α-hetero) is 1. The van der Waals surface area contributed by atoms with Crippen molar-refractivity contribution in [1.82, 2.24) is 15.6 Å². The van der Waals surface area contributed by atoms with Crippen LogP contribution < -0.4 is 15.4 Å². The molecule has 9 heteroatoms. The van der Waals surface area contributed by atoms with Crippen LogP contribution in [0.15, 0.2) is 42.5 Å². The van der Waals surface area contributed by atoms with Crippen LogP contribution in [-0.2, 0) is 4.79 Å². The third kappa shape index (κ3) is 4.91. The second kappa shape index (κ2) is 8.30. The van der Waals surface area contributed by atoms with Crippen LogP contribution in [0.5, 0.6) is 5.88 Å². The maximum Gasteiger partial charge on any atom is 0.388 e. The number of amides is 2. The van der Waals surface area contributed by atoms with Gasteiger partial charge in [-0.15, -0.1) is 0 Å². The molecule has 1 aromatic carbocycles. The van der Waals surface area contributed by atoms with E-state index < -0.39 is 24.6 Å². The first-order valence-electron chi connectivity index (χ1n) is 8.16. The quantitative estimate of drug-likeness (QED) is 0.755. The van der Waals surface area contributed by atoms with Crippen molar-refractivity contribution in [2.45, 2.75) is 25.0 Å². The minimum absolute atomic E-state index is 0.0272. The molecule has 2 atom stereocenters. The Morgan fingerprint density at radius 2 is 2.00 bits per heavy atom. The highest BCUT2D eigenvalue weighted by Crippen LogP contribution is 2.30. The number of nitrogens with zero attached hydrogens (tertiary/aromatic N) is 1. The van der Waals surface area contributed by atoms with Crippen molar-refractivity contribution in [3.8, 4) is 5.88 Å². The van der Waals surface area contributed by atoms with Crippen LogP contribution in [0.1, 0.15) is 23.6 Å². The molecule has 27 heavy (non-hydrogen) atoms. The van der Waals surface area contributed by atoms with Gasteiger partial charge in [0.1, 0.15) is 6.04 Å². The number of carbonyl (C=O) groups excluding carboxylic acids is 2. The molecule has 2 heterocycles. The van der Waals surface area contributed by atoms with Crippen LogP contribution in [0.4, 0.5) is 13.6 Å². The predicted molar refractivity (Wildman–Crippen MR) is 94.1 cm³/mol. The summed E-state index contributed by atoms with van der Waals surface area (Å²) in [6, 6.07) is 10.3. The summed E-state index contributed by atoms with van der Waals surface area (Å²) >= 11 is 5.93. The van der Waals surface area contributed by atoms with Gasteiger partial charge in [-0.1, -0.05) is 29.8 Å². The normalized spacial score (nSPS) is 17.3. The van der Waals surface area contributed by atoms with E-state index in [0.29, 0.717) is 10.7 Å². The van der Waals surface area contributed by atoms with Gasteiger partial charge in [-0.25, -0.2) is 9.78 Å². The van der Waals surface area contributed by atoms with E-state index in [4.69, 9.17) is 11.6 Å². The van der Waals surface area contributed by atoms with Crippen LogP contribution in [-0.4, -0.2) is 36.0 Å². The maximum absolute atomic E-state index is 12.6. The van der Waals surface area contributed by atoms with E-state index in [1.807, 2.05) is 0 Å². The van der Waals surface area contributed by atoms with Gasteiger partial charge in [0.15, 0.2) is 5.78 Å². The van der Waals surface area contributed by atoms with Crippen molar-refractivity contribution in [1.29, 1.82) is 0 Å². The van der Waals surface area contributed by atoms with E-state index in [1.54, 1.807) is 30.3 Å². The summed E-state index contributed by atoms with van der Waals surface area (Å²) in [5, 5.41) is 5.60. The Hall–Kier alpha value is -2.74. The number of halogens is 3. The van der Waals surface area contributed by atoms with Gasteiger partial charge in [0, 0.05) is 30.0 Å². The maximum atomic E-state index is 12.6. The minimum Gasteiger partial charge on any atom is -0.417 e. The molecular weight excluding hydrogens is 380 g/mol. The van der Waals surface area contributed by atoms with Crippen molar-refractivity contribution >= 4 is 23.4 Å². The summed E-state index contributed by atoms with van der Waals surface area (Å²) in [5.41, 5.74) is 1.15. The molecule has 2 aromatic rings. The number of hydrogen-bond donors (Lipinski definition) is 2. The predicted octanol–water partition coefficient (Wildman–Crippen LogP) is 3.11. The Morgan fingerprint density at radius 3 is 2.63 bits per heavy atom. The van der Waals surface area contributed by atoms with Gasteiger partial charge in [0.25, 0.3) is 0 Å². The zero-order valence-electron chi connectivity index (χ0n) is 14.0. The lowest BCUT2D eigenvalue weighted by molar-refractivity contribution is -0.120. The topological polar surface area (TPSA) is 80.3 Å². The Bertz CT molecular complexity index is 833. The van der Waals surface area contributed by atoms with Crippen molar-refractivity contribution in [2.24, 2.45) is 0 Å². The molecule has 3 rings (SSSR count). The van der Waals surface area contributed by atoms with Crippen molar-refractivity contribution in [2.75, 3.05) is 6.54 Å². The molecule has 1 fully saturated rings. The summed E-state index contributed by atoms with van der Waals surface area (Å²) in [6.45, 7) is -2.80. The molecule has 2 amide bonds. The number of aromatic nitrogens is 1. The first-order chi connectivity index (χ1) is 12.9. The second-order valence-electron chi connectivity index (χ2n) is 5.96. The molecule has 0 bridgehead atoms. The van der Waals surface area contributed by atoms with Gasteiger partial charge in [-0.05, 0) is 23.8 Å². The number of ketones is 1. The van der Waals surface area contributed by atoms with E-state index in [9.17, 15) is 18.4 Å². The smallest absolute Gasteiger partial charge is 0.388 e. The minimum atomic E-state index is -3.00. The van der Waals surface area contributed by atoms with E-state index >= 15 is 0 Å². The third-order valence-corrected chi connectivity index (χ3v) is 4.40. The van der Waals surface area contributed by atoms with Gasteiger partial charge < -0.3 is 15.4 Å². The monoisotopic (exact) mass is 395 g/mol. The number of nitrogens with one attached hydrogen (secondary N) is 2. The fourth-order valence-corrected chi connectivity index (χ4v) is 2.99. The molecule has 0 aliphatic carbocycles. The zero-order valence-corrected chi connectivity index (χ0v) is 14.7. The fourth-order valence-electron chi connectivity index (χ4n) is 2.86. The number of urea groups is 1. The first kappa shape index (κ1) is 19.0. The number of hydrogen-bond acceptors (Lipinski definition) is 4. The Balaban J connectivity index is 1.89. The largest absolute Gasteiger partial charge is 0.417 e. The summed E-state index contributed by atoms with van der Waals surface area (Å²) in [4.78, 5) is 28.0. The standard InChI is InChI=1S/C18H16ClF2N3O3/c19-11-6-4-10(5-7-11)12(8-15(25)14-9-22-18(26)24-14)13-2-1-3-16(23-13)27-17(20)21/h1-7,12,14,17H,8-9H2,(H2,22,24,26)/t12?,14-/m0/s1. The molecule has 1 aromatic heterocycles. The summed E-state index contributed by atoms with van der Waals surface area (Å²) in [5.74, 6) is -0.937. The molecule has 1 aliphatic rings. The van der Waals surface area contributed by atoms with Crippen molar-refractivity contribution in [3.63, 3.8) is 0 Å². The van der Waals surface area contributed by atoms with Gasteiger partial charge in [0.2, 0.25) is 5.88 Å². The van der Waals surface area contributed by atoms with E-state index in [0.717, 1.165) is 5.56 Å². The lowest BCUT2D eigenvalue weighted by atomic mass is 9.88. The molecule has 6 nitrogen and oxygen atoms in total. The van der Waals surface area contributed by atoms with Crippen LogP contribution in [0, 0.1) is 0 Å². The molecular formula is C18H16ClF2N3O3. The van der Waals surface area contributed by atoms with Crippen LogP contribution in [0.3, 0.4) is 0 Å². The highest BCUT2D eigenvalue weighted by atomic mass is 35.5. The van der Waals surface area contributed by atoms with Crippen LogP contribution in [0.2, 0.25) is 5.02 Å². The molecule has 142 valence electrons. The molecule has 0 spiro atoms. The number of carbonyl (C=O) groups is 2. The zero-order chi connectivity index (χ0) is 19.4. The Kier molecular flexibility index (Phi) is 5.85. The highest BCUT2D eigenvalue weighted by Gasteiger charge is 2.30. The molecule has 1 aliphatic heterocycles. The SMILES string of the molecule is O=C1NC[C@@H](C(=O)CC(c2ccc(Cl)cc2)c2cccc(OC(F)F)n2)N1. The molecule has 0 saturated carbocycles. The lowest BCUT2D eigenvalue weighted by Gasteiger charge is -2.19. The lowest BCUT2D eigenvalue weighted by Crippen LogP contribution is -2.35. The van der Waals surface area contributed by atoms with E-state index in [1.165, 1.54) is 12.1 Å². The first-order valence-corrected chi connectivity index (χ1v) is 8.54. The van der Waals surface area contributed by atoms with Gasteiger partial charge in [-0.3, -0.25) is 4.79 Å². The summed E-state index contributed by atoms with van der Waals surface area (Å²) in [7, 11) is 0. The Morgan fingerprint density at radius 1 is 1.26 bits per heavy atom. The Labute approximate surface area is 158 Å². The van der Waals surface area contributed by atoms with Crippen molar-refractivity contribution in [3.05, 3.63) is 58.7 Å². The van der Waals surface area contributed by atoms with E-state index in [2.05, 4.69) is 20.4 Å². The van der Waals surface area contributed by atoms with Crippen LogP contribution in [0.25, 0.3) is 0 Å². The number of ether oxygens (including phenoxy) is 1. The average molecular weight is 396 g/mol. The molecule has 0 radical (unpaired) electrons. The van der Waals surface area contributed by atoms with Gasteiger partial charge >= 0.3 is 12.6 Å². The van der Waals surface area contributed by atoms with Gasteiger partial charge in [0.05, 0.1) is 5.69 Å². The number of rotatable bonds is 7. The van der Waals surface area contributed by atoms with Gasteiger partial charge in [-0.2, -0.15) is 8.78 Å². The van der Waals surface area contributed by atoms with E-state index in [-0.39, 0.29) is 24.6 Å². The molecule has 2 N–H and O–H groups in total. The number of pyridine rings is 1. The molecule has 1 saturated heterocycles. The third-order valence-electron chi connectivity index (χ3n) is 4.15. The number of alkyl halides is 2. The van der Waals surface area contributed by atoms with Crippen LogP contribution >= 0.6 is 11.6 Å². The average Bonchev–Trinajstić information content (AvgIpc) is 3.07. The summed E-state index contributed by atoms with van der Waals surface area (Å²) < 4.78 is 29.3. The van der Waals surface area contributed by atoms with Crippen molar-refractivity contribution < 1.29 is 23.1 Å².